The summed E-state index contributed by atoms with van der Waals surface area (Å²) in [5.74, 6) is 1.43. The molecule has 1 aliphatic rings. The third-order valence-corrected chi connectivity index (χ3v) is 7.72. The zero-order valence-electron chi connectivity index (χ0n) is 22.3. The number of para-hydroxylation sites is 2. The number of halogens is 2. The van der Waals surface area contributed by atoms with Crippen molar-refractivity contribution in [2.45, 2.75) is 32.5 Å². The van der Waals surface area contributed by atoms with Crippen molar-refractivity contribution in [1.29, 1.82) is 0 Å². The molecule has 1 amide bonds. The normalized spacial score (nSPS) is 14.4. The molecule has 1 N–H and O–H groups in total. The molecule has 3 aromatic carbocycles. The van der Waals surface area contributed by atoms with Crippen LogP contribution in [-0.2, 0) is 19.5 Å². The summed E-state index contributed by atoms with van der Waals surface area (Å²) in [6.45, 7) is 2.50. The molecule has 0 spiro atoms. The van der Waals surface area contributed by atoms with Gasteiger partial charge in [-0.1, -0.05) is 47.5 Å². The van der Waals surface area contributed by atoms with Crippen molar-refractivity contribution < 1.29 is 14.3 Å². The first-order chi connectivity index (χ1) is 19.3. The number of carbonyl (C=O) groups excluding carboxylic acids is 1. The monoisotopic (exact) mass is 578 g/mol. The second-order valence-electron chi connectivity index (χ2n) is 9.49. The van der Waals surface area contributed by atoms with Crippen molar-refractivity contribution in [2.75, 3.05) is 19.5 Å². The van der Waals surface area contributed by atoms with Gasteiger partial charge in [0, 0.05) is 23.7 Å². The van der Waals surface area contributed by atoms with Crippen molar-refractivity contribution in [3.63, 3.8) is 0 Å². The van der Waals surface area contributed by atoms with E-state index in [1.165, 1.54) is 0 Å². The number of carbonyl (C=O) groups is 1. The van der Waals surface area contributed by atoms with Gasteiger partial charge in [0.1, 0.15) is 11.5 Å². The highest BCUT2D eigenvalue weighted by atomic mass is 35.5. The molecule has 0 unspecified atom stereocenters. The van der Waals surface area contributed by atoms with E-state index >= 15 is 0 Å². The standard InChI is InChI=1S/C30H28Cl2N4O4/c1-18-14-22-25(17-35(18)28(37)20-10-13-23(31)24(32)15-20)34-30(33-16-19-8-11-21(39-2)12-9-19)36(29(22)38)26-6-4-5-7-27(26)40-3/h4-13,15,18H,14,16-17H2,1-3H3,(H,33,34)/t18-/m0/s1. The number of hydrogen-bond donors (Lipinski definition) is 1. The Bertz CT molecular complexity index is 1620. The zero-order valence-corrected chi connectivity index (χ0v) is 23.8. The third kappa shape index (κ3) is 5.37. The summed E-state index contributed by atoms with van der Waals surface area (Å²) in [5.41, 5.74) is 2.87. The Morgan fingerprint density at radius 1 is 1.02 bits per heavy atom. The minimum absolute atomic E-state index is 0.175. The van der Waals surface area contributed by atoms with Gasteiger partial charge in [-0.15, -0.1) is 0 Å². The second kappa shape index (κ2) is 11.6. The summed E-state index contributed by atoms with van der Waals surface area (Å²) < 4.78 is 12.4. The van der Waals surface area contributed by atoms with Gasteiger partial charge < -0.3 is 19.7 Å². The zero-order chi connectivity index (χ0) is 28.4. The molecule has 0 saturated carbocycles. The predicted octanol–water partition coefficient (Wildman–Crippen LogP) is 5.76. The number of amides is 1. The van der Waals surface area contributed by atoms with Gasteiger partial charge in [0.2, 0.25) is 5.95 Å². The topological polar surface area (TPSA) is 85.7 Å². The van der Waals surface area contributed by atoms with E-state index in [0.29, 0.717) is 57.2 Å². The number of nitrogens with one attached hydrogen (secondary N) is 1. The van der Waals surface area contributed by atoms with Crippen LogP contribution in [0.25, 0.3) is 5.69 Å². The molecule has 0 radical (unpaired) electrons. The number of anilines is 1. The van der Waals surface area contributed by atoms with E-state index in [1.54, 1.807) is 48.0 Å². The summed E-state index contributed by atoms with van der Waals surface area (Å²) in [5, 5.41) is 4.01. The predicted molar refractivity (Wildman–Crippen MR) is 156 cm³/mol. The number of ether oxygens (including phenoxy) is 2. The molecule has 1 aromatic heterocycles. The molecule has 40 heavy (non-hydrogen) atoms. The summed E-state index contributed by atoms with van der Waals surface area (Å²) >= 11 is 12.2. The number of fused-ring (bicyclic) bond motifs is 1. The number of rotatable bonds is 7. The van der Waals surface area contributed by atoms with Gasteiger partial charge >= 0.3 is 0 Å². The second-order valence-corrected chi connectivity index (χ2v) is 10.3. The Labute approximate surface area is 242 Å². The Morgan fingerprint density at radius 2 is 1.77 bits per heavy atom. The molecular weight excluding hydrogens is 551 g/mol. The Kier molecular flexibility index (Phi) is 8.00. The van der Waals surface area contributed by atoms with Crippen molar-refractivity contribution in [2.24, 2.45) is 0 Å². The van der Waals surface area contributed by atoms with Crippen LogP contribution in [0.4, 0.5) is 5.95 Å². The maximum atomic E-state index is 14.0. The molecule has 4 aromatic rings. The van der Waals surface area contributed by atoms with Crippen LogP contribution in [0.15, 0.2) is 71.5 Å². The van der Waals surface area contributed by atoms with Crippen LogP contribution in [0.1, 0.15) is 34.1 Å². The maximum Gasteiger partial charge on any atom is 0.263 e. The summed E-state index contributed by atoms with van der Waals surface area (Å²) in [7, 11) is 3.18. The van der Waals surface area contributed by atoms with Crippen molar-refractivity contribution in [3.05, 3.63) is 110 Å². The molecule has 10 heteroatoms. The third-order valence-electron chi connectivity index (χ3n) is 6.98. The Balaban J connectivity index is 1.55. The van der Waals surface area contributed by atoms with E-state index in [1.807, 2.05) is 49.4 Å². The highest BCUT2D eigenvalue weighted by molar-refractivity contribution is 6.42. The van der Waals surface area contributed by atoms with Crippen LogP contribution >= 0.6 is 23.2 Å². The van der Waals surface area contributed by atoms with Crippen LogP contribution in [0.2, 0.25) is 10.0 Å². The highest BCUT2D eigenvalue weighted by Gasteiger charge is 2.32. The van der Waals surface area contributed by atoms with E-state index in [9.17, 15) is 9.59 Å². The molecular formula is C30H28Cl2N4O4. The summed E-state index contributed by atoms with van der Waals surface area (Å²) in [4.78, 5) is 34.1. The molecule has 1 aliphatic heterocycles. The molecule has 0 fully saturated rings. The number of methoxy groups -OCH3 is 2. The average molecular weight is 579 g/mol. The lowest BCUT2D eigenvalue weighted by Crippen LogP contribution is -2.46. The van der Waals surface area contributed by atoms with Gasteiger partial charge in [-0.25, -0.2) is 9.55 Å². The number of nitrogens with zero attached hydrogens (tertiary/aromatic N) is 3. The first-order valence-corrected chi connectivity index (χ1v) is 13.5. The van der Waals surface area contributed by atoms with E-state index in [2.05, 4.69) is 5.32 Å². The van der Waals surface area contributed by atoms with Gasteiger partial charge in [0.25, 0.3) is 11.5 Å². The fourth-order valence-electron chi connectivity index (χ4n) is 4.81. The highest BCUT2D eigenvalue weighted by Crippen LogP contribution is 2.29. The van der Waals surface area contributed by atoms with Gasteiger partial charge in [0.05, 0.1) is 42.2 Å². The molecule has 0 bridgehead atoms. The summed E-state index contributed by atoms with van der Waals surface area (Å²) in [6, 6.07) is 19.5. The van der Waals surface area contributed by atoms with E-state index in [4.69, 9.17) is 37.7 Å². The SMILES string of the molecule is COc1ccc(CNc2nc3c(c(=O)n2-c2ccccc2OC)C[C@H](C)N(C(=O)c2ccc(Cl)c(Cl)c2)C3)cc1. The molecule has 5 rings (SSSR count). The van der Waals surface area contributed by atoms with Gasteiger partial charge in [-0.3, -0.25) is 9.59 Å². The largest absolute Gasteiger partial charge is 0.497 e. The smallest absolute Gasteiger partial charge is 0.263 e. The van der Waals surface area contributed by atoms with Gasteiger partial charge in [-0.05, 0) is 61.4 Å². The summed E-state index contributed by atoms with van der Waals surface area (Å²) in [6.07, 6.45) is 0.349. The van der Waals surface area contributed by atoms with Crippen molar-refractivity contribution >= 4 is 35.1 Å². The van der Waals surface area contributed by atoms with E-state index in [-0.39, 0.29) is 24.1 Å². The van der Waals surface area contributed by atoms with Crippen LogP contribution in [0.3, 0.4) is 0 Å². The van der Waals surface area contributed by atoms with Crippen molar-refractivity contribution in [3.8, 4) is 17.2 Å². The fourth-order valence-corrected chi connectivity index (χ4v) is 5.10. The van der Waals surface area contributed by atoms with Crippen LogP contribution < -0.4 is 20.3 Å². The molecule has 8 nitrogen and oxygen atoms in total. The van der Waals surface area contributed by atoms with Gasteiger partial charge in [-0.2, -0.15) is 0 Å². The van der Waals surface area contributed by atoms with Crippen LogP contribution in [-0.4, -0.2) is 40.6 Å². The minimum atomic E-state index is -0.242. The van der Waals surface area contributed by atoms with Crippen molar-refractivity contribution in [1.82, 2.24) is 14.5 Å². The maximum absolute atomic E-state index is 14.0. The molecule has 1 atom stereocenters. The lowest BCUT2D eigenvalue weighted by molar-refractivity contribution is 0.0653. The lowest BCUT2D eigenvalue weighted by atomic mass is 9.98. The van der Waals surface area contributed by atoms with E-state index < -0.39 is 0 Å². The Morgan fingerprint density at radius 3 is 2.48 bits per heavy atom. The van der Waals surface area contributed by atoms with Gasteiger partial charge in [0.15, 0.2) is 0 Å². The first-order valence-electron chi connectivity index (χ1n) is 12.7. The minimum Gasteiger partial charge on any atom is -0.497 e. The molecule has 0 saturated heterocycles. The van der Waals surface area contributed by atoms with Crippen LogP contribution in [0.5, 0.6) is 11.5 Å². The molecule has 206 valence electrons. The van der Waals surface area contributed by atoms with E-state index in [0.717, 1.165) is 11.3 Å². The Hall–Kier alpha value is -4.01. The van der Waals surface area contributed by atoms with Crippen LogP contribution in [0, 0.1) is 0 Å². The number of benzene rings is 3. The lowest BCUT2D eigenvalue weighted by Gasteiger charge is -2.34. The average Bonchev–Trinajstić information content (AvgIpc) is 2.97. The molecule has 0 aliphatic carbocycles. The molecule has 2 heterocycles. The number of aromatic nitrogens is 2. The fraction of sp³-hybridized carbons (Fsp3) is 0.233. The first kappa shape index (κ1) is 27.6. The quantitative estimate of drug-likeness (QED) is 0.300. The number of hydrogen-bond acceptors (Lipinski definition) is 6.